The molecule has 3 amide bonds. The molecule has 0 radical (unpaired) electrons. The number of ether oxygens (including phenoxy) is 2. The second kappa shape index (κ2) is 9.72. The molecule has 0 aromatic heterocycles. The van der Waals surface area contributed by atoms with E-state index in [9.17, 15) is 14.4 Å². The van der Waals surface area contributed by atoms with Gasteiger partial charge in [0, 0.05) is 48.8 Å². The van der Waals surface area contributed by atoms with Crippen molar-refractivity contribution in [3.05, 3.63) is 54.1 Å². The van der Waals surface area contributed by atoms with Gasteiger partial charge in [-0.3, -0.25) is 14.4 Å². The summed E-state index contributed by atoms with van der Waals surface area (Å²) < 4.78 is 10.6. The Labute approximate surface area is 186 Å². The van der Waals surface area contributed by atoms with Gasteiger partial charge in [-0.2, -0.15) is 0 Å². The van der Waals surface area contributed by atoms with Gasteiger partial charge in [-0.05, 0) is 44.0 Å². The van der Waals surface area contributed by atoms with Crippen LogP contribution in [0.2, 0.25) is 0 Å². The molecule has 0 bridgehead atoms. The highest BCUT2D eigenvalue weighted by Crippen LogP contribution is 2.34. The lowest BCUT2D eigenvalue weighted by molar-refractivity contribution is -0.134. The number of carbonyl (C=O) groups is 3. The van der Waals surface area contributed by atoms with E-state index in [1.54, 1.807) is 47.4 Å². The molecule has 2 aromatic rings. The van der Waals surface area contributed by atoms with Gasteiger partial charge in [0.2, 0.25) is 18.6 Å². The van der Waals surface area contributed by atoms with E-state index in [1.165, 1.54) is 0 Å². The summed E-state index contributed by atoms with van der Waals surface area (Å²) in [7, 11) is 0. The third-order valence-electron chi connectivity index (χ3n) is 5.75. The topological polar surface area (TPSA) is 97.0 Å². The number of benzene rings is 2. The van der Waals surface area contributed by atoms with Crippen molar-refractivity contribution in [3.63, 3.8) is 0 Å². The third-order valence-corrected chi connectivity index (χ3v) is 5.75. The average Bonchev–Trinajstić information content (AvgIpc) is 3.27. The van der Waals surface area contributed by atoms with Crippen LogP contribution in [0.3, 0.4) is 0 Å². The van der Waals surface area contributed by atoms with Gasteiger partial charge in [-0.1, -0.05) is 18.2 Å². The van der Waals surface area contributed by atoms with E-state index < -0.39 is 0 Å². The van der Waals surface area contributed by atoms with E-state index >= 15 is 0 Å². The van der Waals surface area contributed by atoms with Crippen molar-refractivity contribution in [2.45, 2.75) is 32.2 Å². The van der Waals surface area contributed by atoms with E-state index in [1.807, 2.05) is 13.0 Å². The molecule has 4 rings (SSSR count). The smallest absolute Gasteiger partial charge is 0.251 e. The molecule has 168 valence electrons. The predicted molar refractivity (Wildman–Crippen MR) is 118 cm³/mol. The fourth-order valence-electron chi connectivity index (χ4n) is 3.95. The van der Waals surface area contributed by atoms with E-state index in [4.69, 9.17) is 9.47 Å². The minimum atomic E-state index is -0.276. The van der Waals surface area contributed by atoms with Gasteiger partial charge in [-0.15, -0.1) is 0 Å². The number of carbonyl (C=O) groups excluding carboxylic acids is 3. The maximum atomic E-state index is 12.7. The van der Waals surface area contributed by atoms with Crippen molar-refractivity contribution in [3.8, 4) is 11.5 Å². The first-order valence-electron chi connectivity index (χ1n) is 10.8. The number of nitrogens with zero attached hydrogens (tertiary/aromatic N) is 1. The lowest BCUT2D eigenvalue weighted by Crippen LogP contribution is -2.44. The van der Waals surface area contributed by atoms with E-state index in [2.05, 4.69) is 10.6 Å². The molecule has 2 aliphatic heterocycles. The van der Waals surface area contributed by atoms with Crippen LogP contribution in [0.15, 0.2) is 48.5 Å². The molecular formula is C24H27N3O5. The van der Waals surface area contributed by atoms with Crippen molar-refractivity contribution in [1.82, 2.24) is 10.2 Å². The molecule has 2 aliphatic rings. The third kappa shape index (κ3) is 5.19. The van der Waals surface area contributed by atoms with Crippen LogP contribution in [0.1, 0.15) is 36.5 Å². The lowest BCUT2D eigenvalue weighted by Gasteiger charge is -2.32. The maximum absolute atomic E-state index is 12.7. The number of nitrogens with one attached hydrogen (secondary N) is 2. The van der Waals surface area contributed by atoms with Crippen LogP contribution in [0.5, 0.6) is 11.5 Å². The van der Waals surface area contributed by atoms with Crippen LogP contribution >= 0.6 is 0 Å². The summed E-state index contributed by atoms with van der Waals surface area (Å²) in [5.41, 5.74) is 1.24. The zero-order valence-electron chi connectivity index (χ0n) is 18.0. The van der Waals surface area contributed by atoms with Gasteiger partial charge in [0.1, 0.15) is 0 Å². The molecule has 1 saturated heterocycles. The van der Waals surface area contributed by atoms with Gasteiger partial charge < -0.3 is 25.0 Å². The largest absolute Gasteiger partial charge is 0.454 e. The molecule has 8 heteroatoms. The van der Waals surface area contributed by atoms with E-state index in [-0.39, 0.29) is 42.9 Å². The number of anilines is 1. The van der Waals surface area contributed by atoms with Gasteiger partial charge in [0.25, 0.3) is 5.91 Å². The van der Waals surface area contributed by atoms with Crippen LogP contribution in [-0.2, 0) is 9.59 Å². The minimum absolute atomic E-state index is 0.0134. The normalized spacial score (nSPS) is 16.3. The number of piperidine rings is 1. The molecule has 1 fully saturated rings. The first-order valence-corrected chi connectivity index (χ1v) is 10.8. The SMILES string of the molecule is C[C@@H](CC(=O)N1CCC(C(=O)Nc2ccc3c(c2)OCO3)CC1)NC(=O)c1ccccc1. The summed E-state index contributed by atoms with van der Waals surface area (Å²) in [5, 5.41) is 5.80. The highest BCUT2D eigenvalue weighted by atomic mass is 16.7. The Morgan fingerprint density at radius 3 is 2.50 bits per heavy atom. The predicted octanol–water partition coefficient (Wildman–Crippen LogP) is 2.80. The van der Waals surface area contributed by atoms with Gasteiger partial charge in [-0.25, -0.2) is 0 Å². The average molecular weight is 437 g/mol. The quantitative estimate of drug-likeness (QED) is 0.724. The first-order chi connectivity index (χ1) is 15.5. The number of rotatable bonds is 6. The summed E-state index contributed by atoms with van der Waals surface area (Å²) >= 11 is 0. The van der Waals surface area contributed by atoms with E-state index in [0.717, 1.165) is 0 Å². The van der Waals surface area contributed by atoms with Gasteiger partial charge in [0.15, 0.2) is 11.5 Å². The molecule has 0 saturated carbocycles. The molecule has 2 N–H and O–H groups in total. The highest BCUT2D eigenvalue weighted by molar-refractivity contribution is 5.95. The molecule has 2 aromatic carbocycles. The Bertz CT molecular complexity index is 986. The second-order valence-electron chi connectivity index (χ2n) is 8.16. The standard InChI is InChI=1S/C24H27N3O5/c1-16(25-23(29)17-5-3-2-4-6-17)13-22(28)27-11-9-18(10-12-27)24(30)26-19-7-8-20-21(14-19)32-15-31-20/h2-8,14,16,18H,9-13,15H2,1H3,(H,25,29)(H,26,30)/t16-/m0/s1. The van der Waals surface area contributed by atoms with Crippen LogP contribution in [0.4, 0.5) is 5.69 Å². The van der Waals surface area contributed by atoms with Crippen LogP contribution in [0, 0.1) is 5.92 Å². The summed E-state index contributed by atoms with van der Waals surface area (Å²) in [6.07, 6.45) is 1.44. The maximum Gasteiger partial charge on any atom is 0.251 e. The van der Waals surface area contributed by atoms with Crippen molar-refractivity contribution in [1.29, 1.82) is 0 Å². The number of amides is 3. The zero-order chi connectivity index (χ0) is 22.5. The van der Waals surface area contributed by atoms with Crippen LogP contribution in [-0.4, -0.2) is 48.5 Å². The molecule has 2 heterocycles. The summed E-state index contributed by atoms with van der Waals surface area (Å²) in [6.45, 7) is 3.06. The number of hydrogen-bond donors (Lipinski definition) is 2. The molecule has 1 atom stereocenters. The number of likely N-dealkylation sites (tertiary alicyclic amines) is 1. The Hall–Kier alpha value is -3.55. The second-order valence-corrected chi connectivity index (χ2v) is 8.16. The minimum Gasteiger partial charge on any atom is -0.454 e. The molecule has 0 unspecified atom stereocenters. The fourth-order valence-corrected chi connectivity index (χ4v) is 3.95. The van der Waals surface area contributed by atoms with Gasteiger partial charge >= 0.3 is 0 Å². The van der Waals surface area contributed by atoms with Crippen molar-refractivity contribution in [2.24, 2.45) is 5.92 Å². The van der Waals surface area contributed by atoms with Crippen molar-refractivity contribution in [2.75, 3.05) is 25.2 Å². The van der Waals surface area contributed by atoms with Crippen LogP contribution < -0.4 is 20.1 Å². The Morgan fingerprint density at radius 1 is 1.03 bits per heavy atom. The zero-order valence-corrected chi connectivity index (χ0v) is 18.0. The summed E-state index contributed by atoms with van der Waals surface area (Å²) in [6, 6.07) is 14.0. The lowest BCUT2D eigenvalue weighted by atomic mass is 9.95. The molecule has 0 aliphatic carbocycles. The number of fused-ring (bicyclic) bond motifs is 1. The Balaban J connectivity index is 1.22. The Morgan fingerprint density at radius 2 is 1.75 bits per heavy atom. The summed E-state index contributed by atoms with van der Waals surface area (Å²) in [4.78, 5) is 39.3. The van der Waals surface area contributed by atoms with E-state index in [0.29, 0.717) is 48.7 Å². The monoisotopic (exact) mass is 437 g/mol. The molecule has 8 nitrogen and oxygen atoms in total. The number of hydrogen-bond acceptors (Lipinski definition) is 5. The Kier molecular flexibility index (Phi) is 6.58. The molecule has 32 heavy (non-hydrogen) atoms. The molecule has 0 spiro atoms. The highest BCUT2D eigenvalue weighted by Gasteiger charge is 2.28. The molecular weight excluding hydrogens is 410 g/mol. The van der Waals surface area contributed by atoms with Crippen molar-refractivity contribution >= 4 is 23.4 Å². The first kappa shape index (κ1) is 21.7. The fraction of sp³-hybridized carbons (Fsp3) is 0.375. The van der Waals surface area contributed by atoms with Gasteiger partial charge in [0.05, 0.1) is 0 Å². The van der Waals surface area contributed by atoms with Crippen molar-refractivity contribution < 1.29 is 23.9 Å². The summed E-state index contributed by atoms with van der Waals surface area (Å²) in [5.74, 6) is 0.880. The van der Waals surface area contributed by atoms with Crippen LogP contribution in [0.25, 0.3) is 0 Å².